The van der Waals surface area contributed by atoms with E-state index >= 15 is 0 Å². The molecule has 144 valence electrons. The summed E-state index contributed by atoms with van der Waals surface area (Å²) in [7, 11) is 0. The van der Waals surface area contributed by atoms with Gasteiger partial charge < -0.3 is 15.1 Å². The Balaban J connectivity index is 0.00000338. The molecule has 2 rings (SSSR count). The second-order valence-corrected chi connectivity index (χ2v) is 5.80. The van der Waals surface area contributed by atoms with Gasteiger partial charge in [0.1, 0.15) is 12.3 Å². The Kier molecular flexibility index (Phi) is 11.0. The molecular weight excluding hydrogens is 439 g/mol. The summed E-state index contributed by atoms with van der Waals surface area (Å²) in [5, 5.41) is 6.79. The molecule has 26 heavy (non-hydrogen) atoms. The highest BCUT2D eigenvalue weighted by molar-refractivity contribution is 14.0. The van der Waals surface area contributed by atoms with Crippen molar-refractivity contribution in [2.24, 2.45) is 4.99 Å². The van der Waals surface area contributed by atoms with Crippen LogP contribution in [0.5, 0.6) is 0 Å². The van der Waals surface area contributed by atoms with Crippen LogP contribution in [0.25, 0.3) is 0 Å². The van der Waals surface area contributed by atoms with Crippen molar-refractivity contribution in [3.63, 3.8) is 0 Å². The molecular formula is C20H31IN4O. The number of nitrogens with zero attached hydrogens (tertiary/aromatic N) is 2. The van der Waals surface area contributed by atoms with Crippen LogP contribution in [0.2, 0.25) is 0 Å². The summed E-state index contributed by atoms with van der Waals surface area (Å²) < 4.78 is 5.36. The lowest BCUT2D eigenvalue weighted by molar-refractivity contribution is 0.219. The molecule has 0 bridgehead atoms. The van der Waals surface area contributed by atoms with Gasteiger partial charge in [-0.25, -0.2) is 4.99 Å². The van der Waals surface area contributed by atoms with Gasteiger partial charge in [0.25, 0.3) is 0 Å². The summed E-state index contributed by atoms with van der Waals surface area (Å²) in [5.41, 5.74) is 1.32. The maximum absolute atomic E-state index is 5.36. The van der Waals surface area contributed by atoms with Crippen LogP contribution in [0, 0.1) is 0 Å². The van der Waals surface area contributed by atoms with E-state index in [0.717, 1.165) is 37.9 Å². The van der Waals surface area contributed by atoms with E-state index in [1.165, 1.54) is 5.56 Å². The van der Waals surface area contributed by atoms with Crippen molar-refractivity contribution in [3.05, 3.63) is 60.1 Å². The van der Waals surface area contributed by atoms with Crippen molar-refractivity contribution in [2.75, 3.05) is 26.2 Å². The Bertz CT molecular complexity index is 612. The molecule has 0 aliphatic rings. The number of halogens is 1. The molecule has 2 N–H and O–H groups in total. The Labute approximate surface area is 174 Å². The van der Waals surface area contributed by atoms with E-state index in [2.05, 4.69) is 71.6 Å². The summed E-state index contributed by atoms with van der Waals surface area (Å²) in [4.78, 5) is 7.07. The molecule has 1 unspecified atom stereocenters. The Hall–Kier alpha value is -1.54. The van der Waals surface area contributed by atoms with E-state index in [-0.39, 0.29) is 24.0 Å². The van der Waals surface area contributed by atoms with Crippen molar-refractivity contribution in [3.8, 4) is 0 Å². The van der Waals surface area contributed by atoms with Crippen LogP contribution >= 0.6 is 24.0 Å². The van der Waals surface area contributed by atoms with Crippen LogP contribution in [0.15, 0.2) is 58.1 Å². The fourth-order valence-corrected chi connectivity index (χ4v) is 2.89. The number of hydrogen-bond acceptors (Lipinski definition) is 3. The van der Waals surface area contributed by atoms with Gasteiger partial charge in [-0.15, -0.1) is 24.0 Å². The number of benzene rings is 1. The number of nitrogens with one attached hydrogen (secondary N) is 2. The topological polar surface area (TPSA) is 52.8 Å². The molecule has 0 aliphatic carbocycles. The molecule has 0 saturated carbocycles. The molecule has 1 heterocycles. The summed E-state index contributed by atoms with van der Waals surface area (Å²) >= 11 is 0. The van der Waals surface area contributed by atoms with Crippen LogP contribution < -0.4 is 10.6 Å². The Morgan fingerprint density at radius 3 is 2.35 bits per heavy atom. The van der Waals surface area contributed by atoms with E-state index in [4.69, 9.17) is 4.42 Å². The lowest BCUT2D eigenvalue weighted by Gasteiger charge is -2.30. The first-order valence-electron chi connectivity index (χ1n) is 9.12. The van der Waals surface area contributed by atoms with Crippen LogP contribution in [0.3, 0.4) is 0 Å². The van der Waals surface area contributed by atoms with Gasteiger partial charge in [0.2, 0.25) is 0 Å². The van der Waals surface area contributed by atoms with Gasteiger partial charge in [-0.3, -0.25) is 4.90 Å². The third-order valence-electron chi connectivity index (χ3n) is 4.22. The maximum atomic E-state index is 5.36. The van der Waals surface area contributed by atoms with Crippen LogP contribution in [-0.2, 0) is 6.54 Å². The number of hydrogen-bond donors (Lipinski definition) is 2. The first kappa shape index (κ1) is 22.5. The Morgan fingerprint density at radius 1 is 1.04 bits per heavy atom. The molecule has 2 aromatic rings. The maximum Gasteiger partial charge on any atom is 0.191 e. The zero-order chi connectivity index (χ0) is 17.9. The minimum absolute atomic E-state index is 0. The number of rotatable bonds is 9. The quantitative estimate of drug-likeness (QED) is 0.330. The van der Waals surface area contributed by atoms with Gasteiger partial charge in [-0.1, -0.05) is 44.2 Å². The lowest BCUT2D eigenvalue weighted by Crippen LogP contribution is -2.43. The fourth-order valence-electron chi connectivity index (χ4n) is 2.89. The van der Waals surface area contributed by atoms with E-state index in [1.54, 1.807) is 6.26 Å². The van der Waals surface area contributed by atoms with Gasteiger partial charge >= 0.3 is 0 Å². The summed E-state index contributed by atoms with van der Waals surface area (Å²) in [6, 6.07) is 14.8. The van der Waals surface area contributed by atoms with Crippen molar-refractivity contribution < 1.29 is 4.42 Å². The van der Waals surface area contributed by atoms with Gasteiger partial charge in [0.15, 0.2) is 5.96 Å². The first-order valence-corrected chi connectivity index (χ1v) is 9.12. The molecule has 0 saturated heterocycles. The fraction of sp³-hybridized carbons (Fsp3) is 0.450. The molecule has 1 aromatic carbocycles. The first-order chi connectivity index (χ1) is 12.3. The smallest absolute Gasteiger partial charge is 0.191 e. The lowest BCUT2D eigenvalue weighted by atomic mass is 10.1. The van der Waals surface area contributed by atoms with Gasteiger partial charge in [0.05, 0.1) is 12.3 Å². The Morgan fingerprint density at radius 2 is 1.77 bits per heavy atom. The molecule has 6 heteroatoms. The third kappa shape index (κ3) is 6.99. The van der Waals surface area contributed by atoms with Crippen molar-refractivity contribution in [1.29, 1.82) is 0 Å². The average Bonchev–Trinajstić information content (AvgIpc) is 3.17. The van der Waals surface area contributed by atoms with E-state index in [9.17, 15) is 0 Å². The van der Waals surface area contributed by atoms with Crippen LogP contribution in [-0.4, -0.2) is 37.0 Å². The normalized spacial score (nSPS) is 12.5. The SMILES string of the molecule is CCNC(=NCc1ccco1)NCC(c1ccccc1)N(CC)CC.I. The summed E-state index contributed by atoms with van der Waals surface area (Å²) in [6.45, 7) is 10.7. The molecule has 0 aliphatic heterocycles. The number of guanidine groups is 1. The highest BCUT2D eigenvalue weighted by Gasteiger charge is 2.18. The van der Waals surface area contributed by atoms with E-state index < -0.39 is 0 Å². The molecule has 0 radical (unpaired) electrons. The zero-order valence-corrected chi connectivity index (χ0v) is 18.3. The van der Waals surface area contributed by atoms with E-state index in [0.29, 0.717) is 12.6 Å². The minimum Gasteiger partial charge on any atom is -0.467 e. The molecule has 1 atom stereocenters. The molecule has 5 nitrogen and oxygen atoms in total. The average molecular weight is 470 g/mol. The second-order valence-electron chi connectivity index (χ2n) is 5.80. The van der Waals surface area contributed by atoms with Crippen molar-refractivity contribution >= 4 is 29.9 Å². The highest BCUT2D eigenvalue weighted by atomic mass is 127. The largest absolute Gasteiger partial charge is 0.467 e. The molecule has 1 aromatic heterocycles. The monoisotopic (exact) mass is 470 g/mol. The van der Waals surface area contributed by atoms with Gasteiger partial charge in [-0.2, -0.15) is 0 Å². The number of likely N-dealkylation sites (N-methyl/N-ethyl adjacent to an activating group) is 1. The summed E-state index contributed by atoms with van der Waals surface area (Å²) in [5.74, 6) is 1.67. The van der Waals surface area contributed by atoms with Crippen LogP contribution in [0.4, 0.5) is 0 Å². The van der Waals surface area contributed by atoms with E-state index in [1.807, 2.05) is 12.1 Å². The highest BCUT2D eigenvalue weighted by Crippen LogP contribution is 2.19. The third-order valence-corrected chi connectivity index (χ3v) is 4.22. The molecule has 0 amide bonds. The number of aliphatic imine (C=N–C) groups is 1. The standard InChI is InChI=1S/C20H30N4O.HI/c1-4-21-20(22-15-18-13-10-14-25-18)23-16-19(24(5-2)6-3)17-11-8-7-9-12-17;/h7-14,19H,4-6,15-16H2,1-3H3,(H2,21,22,23);1H. The molecule has 0 spiro atoms. The van der Waals surface area contributed by atoms with Crippen molar-refractivity contribution in [1.82, 2.24) is 15.5 Å². The van der Waals surface area contributed by atoms with Gasteiger partial charge in [-0.05, 0) is 37.7 Å². The minimum atomic E-state index is 0. The predicted molar refractivity (Wildman–Crippen MR) is 119 cm³/mol. The second kappa shape index (κ2) is 12.8. The van der Waals surface area contributed by atoms with Gasteiger partial charge in [0, 0.05) is 13.1 Å². The zero-order valence-electron chi connectivity index (χ0n) is 15.9. The van der Waals surface area contributed by atoms with Crippen LogP contribution in [0.1, 0.15) is 38.1 Å². The molecule has 0 fully saturated rings. The predicted octanol–water partition coefficient (Wildman–Crippen LogP) is 4.04. The number of furan rings is 1. The van der Waals surface area contributed by atoms with Crippen molar-refractivity contribution in [2.45, 2.75) is 33.4 Å². The summed E-state index contributed by atoms with van der Waals surface area (Å²) in [6.07, 6.45) is 1.68.